The second-order valence-corrected chi connectivity index (χ2v) is 6.13. The molecule has 0 bridgehead atoms. The highest BCUT2D eigenvalue weighted by atomic mass is 16.5. The largest absolute Gasteiger partial charge is 0.468 e. The average Bonchev–Trinajstić information content (AvgIpc) is 3.27. The van der Waals surface area contributed by atoms with Gasteiger partial charge in [0, 0.05) is 11.6 Å². The summed E-state index contributed by atoms with van der Waals surface area (Å²) in [4.78, 5) is 48.2. The van der Waals surface area contributed by atoms with Gasteiger partial charge in [0.05, 0.1) is 19.8 Å². The summed E-state index contributed by atoms with van der Waals surface area (Å²) in [7, 11) is 2.47. The van der Waals surface area contributed by atoms with Gasteiger partial charge in [0.25, 0.3) is 5.91 Å². The normalized spacial score (nSPS) is 14.9. The molecule has 1 fully saturated rings. The predicted molar refractivity (Wildman–Crippen MR) is 100 cm³/mol. The molecule has 9 nitrogen and oxygen atoms in total. The van der Waals surface area contributed by atoms with Crippen molar-refractivity contribution in [2.45, 2.75) is 6.92 Å². The Bertz CT molecular complexity index is 1040. The van der Waals surface area contributed by atoms with E-state index in [9.17, 15) is 19.2 Å². The lowest BCUT2D eigenvalue weighted by Gasteiger charge is -2.08. The van der Waals surface area contributed by atoms with Crippen LogP contribution in [0.1, 0.15) is 21.7 Å². The minimum atomic E-state index is -0.722. The van der Waals surface area contributed by atoms with Crippen LogP contribution in [0.15, 0.2) is 40.4 Å². The first-order valence-corrected chi connectivity index (χ1v) is 8.55. The highest BCUT2D eigenvalue weighted by Gasteiger charge is 2.35. The van der Waals surface area contributed by atoms with Crippen LogP contribution in [-0.2, 0) is 19.1 Å². The van der Waals surface area contributed by atoms with Crippen molar-refractivity contribution >= 4 is 30.0 Å². The van der Waals surface area contributed by atoms with Crippen molar-refractivity contribution in [3.05, 3.63) is 52.9 Å². The fourth-order valence-corrected chi connectivity index (χ4v) is 2.86. The van der Waals surface area contributed by atoms with E-state index in [0.717, 1.165) is 4.90 Å². The Morgan fingerprint density at radius 3 is 2.59 bits per heavy atom. The molecule has 0 radical (unpaired) electrons. The van der Waals surface area contributed by atoms with Crippen LogP contribution in [-0.4, -0.2) is 49.5 Å². The van der Waals surface area contributed by atoms with E-state index in [0.29, 0.717) is 28.2 Å². The summed E-state index contributed by atoms with van der Waals surface area (Å²) >= 11 is 0. The molecule has 9 heteroatoms. The van der Waals surface area contributed by atoms with E-state index >= 15 is 0 Å². The zero-order valence-electron chi connectivity index (χ0n) is 16.0. The Labute approximate surface area is 165 Å². The van der Waals surface area contributed by atoms with Crippen molar-refractivity contribution < 1.29 is 33.1 Å². The van der Waals surface area contributed by atoms with Crippen LogP contribution in [0.25, 0.3) is 17.4 Å². The number of carbonyl (C=O) groups is 4. The van der Waals surface area contributed by atoms with Gasteiger partial charge in [-0.15, -0.1) is 0 Å². The second-order valence-electron chi connectivity index (χ2n) is 6.13. The number of esters is 2. The van der Waals surface area contributed by atoms with Crippen LogP contribution in [0.3, 0.4) is 0 Å². The number of ether oxygens (including phenoxy) is 2. The van der Waals surface area contributed by atoms with Gasteiger partial charge in [-0.3, -0.25) is 9.59 Å². The number of amides is 3. The first-order chi connectivity index (χ1) is 13.8. The molecule has 1 aromatic heterocycles. The van der Waals surface area contributed by atoms with Gasteiger partial charge in [-0.2, -0.15) is 0 Å². The summed E-state index contributed by atoms with van der Waals surface area (Å²) in [5.41, 5.74) is 1.76. The lowest BCUT2D eigenvalue weighted by Crippen LogP contribution is -2.36. The van der Waals surface area contributed by atoms with Gasteiger partial charge in [-0.1, -0.05) is 12.1 Å². The van der Waals surface area contributed by atoms with Crippen molar-refractivity contribution in [1.29, 1.82) is 0 Å². The standard InChI is InChI=1S/C20H18N2O7/c1-11-13(5-4-6-14(11)19(25)28-3)16-8-7-12(29-16)9-15-18(24)22(20(26)21-15)10-17(23)27-2/h4-9H,10H2,1-3H3,(H,21,26)/b15-9+. The fourth-order valence-electron chi connectivity index (χ4n) is 2.86. The molecule has 0 spiro atoms. The maximum Gasteiger partial charge on any atom is 0.338 e. The van der Waals surface area contributed by atoms with Crippen LogP contribution < -0.4 is 5.32 Å². The van der Waals surface area contributed by atoms with E-state index in [4.69, 9.17) is 9.15 Å². The van der Waals surface area contributed by atoms with Crippen molar-refractivity contribution in [3.8, 4) is 11.3 Å². The fraction of sp³-hybridized carbons (Fsp3) is 0.200. The lowest BCUT2D eigenvalue weighted by atomic mass is 10.0. The summed E-state index contributed by atoms with van der Waals surface area (Å²) < 4.78 is 15.0. The zero-order valence-corrected chi connectivity index (χ0v) is 16.0. The molecule has 0 aliphatic carbocycles. The highest BCUT2D eigenvalue weighted by Crippen LogP contribution is 2.29. The smallest absolute Gasteiger partial charge is 0.338 e. The number of hydrogen-bond acceptors (Lipinski definition) is 7. The number of methoxy groups -OCH3 is 2. The third kappa shape index (κ3) is 3.88. The van der Waals surface area contributed by atoms with Crippen LogP contribution in [0.5, 0.6) is 0 Å². The first kappa shape index (κ1) is 19.9. The minimum Gasteiger partial charge on any atom is -0.468 e. The first-order valence-electron chi connectivity index (χ1n) is 8.55. The molecule has 0 unspecified atom stereocenters. The highest BCUT2D eigenvalue weighted by molar-refractivity contribution is 6.15. The maximum atomic E-state index is 12.3. The number of benzene rings is 1. The van der Waals surface area contributed by atoms with Crippen LogP contribution in [0.2, 0.25) is 0 Å². The van der Waals surface area contributed by atoms with Crippen molar-refractivity contribution in [1.82, 2.24) is 10.2 Å². The van der Waals surface area contributed by atoms with Gasteiger partial charge < -0.3 is 19.2 Å². The molecule has 150 valence electrons. The molecular weight excluding hydrogens is 380 g/mol. The molecule has 1 N–H and O–H groups in total. The average molecular weight is 398 g/mol. The van der Waals surface area contributed by atoms with Gasteiger partial charge in [-0.25, -0.2) is 14.5 Å². The van der Waals surface area contributed by atoms with Gasteiger partial charge in [0.2, 0.25) is 0 Å². The molecule has 3 rings (SSSR count). The van der Waals surface area contributed by atoms with E-state index < -0.39 is 30.4 Å². The molecule has 1 aromatic carbocycles. The third-order valence-corrected chi connectivity index (χ3v) is 4.40. The number of hydrogen-bond donors (Lipinski definition) is 1. The van der Waals surface area contributed by atoms with Crippen molar-refractivity contribution in [2.75, 3.05) is 20.8 Å². The summed E-state index contributed by atoms with van der Waals surface area (Å²) in [5.74, 6) is -1.05. The van der Waals surface area contributed by atoms with Crippen molar-refractivity contribution in [3.63, 3.8) is 0 Å². The Kier molecular flexibility index (Phi) is 5.49. The zero-order chi connectivity index (χ0) is 21.1. The third-order valence-electron chi connectivity index (χ3n) is 4.40. The monoisotopic (exact) mass is 398 g/mol. The number of imide groups is 1. The summed E-state index contributed by atoms with van der Waals surface area (Å²) in [5, 5.41) is 2.39. The summed E-state index contributed by atoms with van der Waals surface area (Å²) in [6, 6.07) is 7.73. The van der Waals surface area contributed by atoms with Gasteiger partial charge in [0.15, 0.2) is 0 Å². The molecule has 1 saturated heterocycles. The van der Waals surface area contributed by atoms with Crippen LogP contribution in [0, 0.1) is 6.92 Å². The Hall–Kier alpha value is -3.88. The maximum absolute atomic E-state index is 12.3. The molecule has 0 atom stereocenters. The molecule has 1 aliphatic heterocycles. The summed E-state index contributed by atoms with van der Waals surface area (Å²) in [6.07, 6.45) is 1.36. The second kappa shape index (κ2) is 8.01. The molecule has 29 heavy (non-hydrogen) atoms. The van der Waals surface area contributed by atoms with Crippen molar-refractivity contribution in [2.24, 2.45) is 0 Å². The quantitative estimate of drug-likeness (QED) is 0.466. The van der Waals surface area contributed by atoms with E-state index in [1.165, 1.54) is 20.3 Å². The Morgan fingerprint density at radius 2 is 1.90 bits per heavy atom. The number of carbonyl (C=O) groups excluding carboxylic acids is 4. The number of rotatable bonds is 5. The molecule has 0 saturated carbocycles. The molecular formula is C20H18N2O7. The molecule has 1 aliphatic rings. The number of furan rings is 1. The van der Waals surface area contributed by atoms with E-state index in [-0.39, 0.29) is 5.70 Å². The van der Waals surface area contributed by atoms with Crippen LogP contribution in [0.4, 0.5) is 4.79 Å². The Morgan fingerprint density at radius 1 is 1.14 bits per heavy atom. The van der Waals surface area contributed by atoms with Crippen LogP contribution >= 0.6 is 0 Å². The predicted octanol–water partition coefficient (Wildman–Crippen LogP) is 2.11. The molecule has 3 amide bonds. The number of nitrogens with zero attached hydrogens (tertiary/aromatic N) is 1. The van der Waals surface area contributed by atoms with E-state index in [1.807, 2.05) is 0 Å². The van der Waals surface area contributed by atoms with Gasteiger partial charge in [0.1, 0.15) is 23.8 Å². The van der Waals surface area contributed by atoms with E-state index in [1.54, 1.807) is 37.3 Å². The number of urea groups is 1. The number of nitrogens with one attached hydrogen (secondary N) is 1. The SMILES string of the molecule is COC(=O)CN1C(=O)N/C(=C/c2ccc(-c3cccc(C(=O)OC)c3C)o2)C1=O. The lowest BCUT2D eigenvalue weighted by molar-refractivity contribution is -0.143. The molecule has 2 heterocycles. The summed E-state index contributed by atoms with van der Waals surface area (Å²) in [6.45, 7) is 1.29. The topological polar surface area (TPSA) is 115 Å². The molecule has 2 aromatic rings. The minimum absolute atomic E-state index is 0.0279. The van der Waals surface area contributed by atoms with Gasteiger partial charge in [-0.05, 0) is 30.7 Å². The van der Waals surface area contributed by atoms with Gasteiger partial charge >= 0.3 is 18.0 Å². The van der Waals surface area contributed by atoms with E-state index in [2.05, 4.69) is 10.1 Å². The Balaban J connectivity index is 1.86.